The molecule has 2 rings (SSSR count). The third kappa shape index (κ3) is 5.30. The van der Waals surface area contributed by atoms with Gasteiger partial charge in [-0.1, -0.05) is 35.9 Å². The predicted molar refractivity (Wildman–Crippen MR) is 92.4 cm³/mol. The molecule has 0 fully saturated rings. The summed E-state index contributed by atoms with van der Waals surface area (Å²) in [5.41, 5.74) is 0.921. The highest BCUT2D eigenvalue weighted by atomic mass is 35.5. The quantitative estimate of drug-likeness (QED) is 0.662. The lowest BCUT2D eigenvalue weighted by Gasteiger charge is -2.09. The second-order valence-electron chi connectivity index (χ2n) is 4.11. The van der Waals surface area contributed by atoms with Crippen LogP contribution in [-0.4, -0.2) is 11.0 Å². The number of rotatable bonds is 4. The van der Waals surface area contributed by atoms with Crippen LogP contribution in [0.25, 0.3) is 6.08 Å². The van der Waals surface area contributed by atoms with Crippen molar-refractivity contribution in [1.29, 1.82) is 0 Å². The molecule has 1 aromatic heterocycles. The highest BCUT2D eigenvalue weighted by Crippen LogP contribution is 2.14. The van der Waals surface area contributed by atoms with E-state index in [1.165, 1.54) is 6.08 Å². The molecule has 0 aliphatic rings. The zero-order valence-electron chi connectivity index (χ0n) is 11.0. The lowest BCUT2D eigenvalue weighted by molar-refractivity contribution is -0.115. The van der Waals surface area contributed by atoms with Crippen LogP contribution in [-0.2, 0) is 11.3 Å². The number of halogens is 1. The van der Waals surface area contributed by atoms with Crippen molar-refractivity contribution >= 4 is 52.3 Å². The molecule has 0 aliphatic heterocycles. The molecule has 0 bridgehead atoms. The number of carbonyl (C=O) groups is 1. The first-order valence-corrected chi connectivity index (χ1v) is 7.85. The topological polar surface area (TPSA) is 41.1 Å². The van der Waals surface area contributed by atoms with E-state index < -0.39 is 0 Å². The summed E-state index contributed by atoms with van der Waals surface area (Å²) in [6.45, 7) is 0.466. The van der Waals surface area contributed by atoms with Crippen LogP contribution >= 0.6 is 35.2 Å². The van der Waals surface area contributed by atoms with Gasteiger partial charge in [0.15, 0.2) is 5.11 Å². The van der Waals surface area contributed by atoms with E-state index in [4.69, 9.17) is 23.8 Å². The van der Waals surface area contributed by atoms with Crippen LogP contribution in [0.1, 0.15) is 10.4 Å². The molecule has 0 radical (unpaired) electrons. The number of thiophene rings is 1. The van der Waals surface area contributed by atoms with E-state index in [2.05, 4.69) is 10.6 Å². The first-order valence-electron chi connectivity index (χ1n) is 6.19. The van der Waals surface area contributed by atoms with Crippen LogP contribution in [0.3, 0.4) is 0 Å². The highest BCUT2D eigenvalue weighted by molar-refractivity contribution is 7.80. The minimum absolute atomic E-state index is 0.264. The highest BCUT2D eigenvalue weighted by Gasteiger charge is 2.03. The van der Waals surface area contributed by atoms with Crippen LogP contribution in [0, 0.1) is 0 Å². The number of nitrogens with one attached hydrogen (secondary N) is 2. The molecule has 0 spiro atoms. The van der Waals surface area contributed by atoms with Crippen LogP contribution in [0.15, 0.2) is 47.9 Å². The molecule has 0 aliphatic carbocycles. The molecular weight excluding hydrogens is 324 g/mol. The molecule has 21 heavy (non-hydrogen) atoms. The largest absolute Gasteiger partial charge is 0.358 e. The van der Waals surface area contributed by atoms with Crippen LogP contribution < -0.4 is 10.6 Å². The van der Waals surface area contributed by atoms with Crippen molar-refractivity contribution in [3.63, 3.8) is 0 Å². The van der Waals surface area contributed by atoms with E-state index in [1.807, 2.05) is 41.8 Å². The van der Waals surface area contributed by atoms with Gasteiger partial charge in [-0.15, -0.1) is 11.3 Å². The Kier molecular flexibility index (Phi) is 5.92. The summed E-state index contributed by atoms with van der Waals surface area (Å²) in [7, 11) is 0. The van der Waals surface area contributed by atoms with Gasteiger partial charge in [0.1, 0.15) is 0 Å². The third-order valence-corrected chi connectivity index (χ3v) is 4.03. The normalized spacial score (nSPS) is 10.5. The first-order chi connectivity index (χ1) is 10.1. The SMILES string of the molecule is O=C(/C=C/c1cccs1)NC(=S)NCc1ccccc1Cl. The van der Waals surface area contributed by atoms with E-state index in [0.29, 0.717) is 11.6 Å². The number of thiocarbonyl (C=S) groups is 1. The smallest absolute Gasteiger partial charge is 0.250 e. The Bertz CT molecular complexity index is 653. The molecule has 2 aromatic rings. The van der Waals surface area contributed by atoms with Crippen molar-refractivity contribution in [3.8, 4) is 0 Å². The summed E-state index contributed by atoms with van der Waals surface area (Å²) < 4.78 is 0. The molecule has 1 aromatic carbocycles. The van der Waals surface area contributed by atoms with Gasteiger partial charge in [-0.25, -0.2) is 0 Å². The molecule has 0 unspecified atom stereocenters. The Hall–Kier alpha value is -1.69. The van der Waals surface area contributed by atoms with Gasteiger partial charge in [-0.05, 0) is 41.4 Å². The summed E-state index contributed by atoms with van der Waals surface area (Å²) in [4.78, 5) is 12.7. The van der Waals surface area contributed by atoms with E-state index in [1.54, 1.807) is 17.4 Å². The van der Waals surface area contributed by atoms with Gasteiger partial charge >= 0.3 is 0 Å². The fraction of sp³-hybridized carbons (Fsp3) is 0.0667. The average Bonchev–Trinajstić information content (AvgIpc) is 2.97. The second-order valence-corrected chi connectivity index (χ2v) is 5.91. The van der Waals surface area contributed by atoms with Gasteiger partial charge in [0.05, 0.1) is 0 Å². The second kappa shape index (κ2) is 7.93. The van der Waals surface area contributed by atoms with Crippen LogP contribution in [0.4, 0.5) is 0 Å². The Balaban J connectivity index is 1.79. The fourth-order valence-electron chi connectivity index (χ4n) is 1.56. The van der Waals surface area contributed by atoms with Gasteiger partial charge < -0.3 is 5.32 Å². The van der Waals surface area contributed by atoms with Gasteiger partial charge in [0.25, 0.3) is 0 Å². The van der Waals surface area contributed by atoms with Crippen molar-refractivity contribution in [1.82, 2.24) is 10.6 Å². The fourth-order valence-corrected chi connectivity index (χ4v) is 2.55. The minimum atomic E-state index is -0.264. The van der Waals surface area contributed by atoms with E-state index in [9.17, 15) is 4.79 Å². The van der Waals surface area contributed by atoms with E-state index >= 15 is 0 Å². The van der Waals surface area contributed by atoms with Crippen LogP contribution in [0.2, 0.25) is 5.02 Å². The Morgan fingerprint density at radius 2 is 2.10 bits per heavy atom. The monoisotopic (exact) mass is 336 g/mol. The van der Waals surface area contributed by atoms with Gasteiger partial charge in [0.2, 0.25) is 5.91 Å². The van der Waals surface area contributed by atoms with Crippen molar-refractivity contribution < 1.29 is 4.79 Å². The van der Waals surface area contributed by atoms with Gasteiger partial charge in [-0.3, -0.25) is 10.1 Å². The maximum atomic E-state index is 11.7. The molecule has 0 saturated carbocycles. The molecule has 1 heterocycles. The minimum Gasteiger partial charge on any atom is -0.358 e. The van der Waals surface area contributed by atoms with E-state index in [-0.39, 0.29) is 11.0 Å². The lowest BCUT2D eigenvalue weighted by atomic mass is 10.2. The Morgan fingerprint density at radius 1 is 1.29 bits per heavy atom. The predicted octanol–water partition coefficient (Wildman–Crippen LogP) is 3.61. The third-order valence-electron chi connectivity index (χ3n) is 2.58. The molecule has 2 N–H and O–H groups in total. The standard InChI is InChI=1S/C15H13ClN2OS2/c16-13-6-2-1-4-11(13)10-17-15(20)18-14(19)8-7-12-5-3-9-21-12/h1-9H,10H2,(H2,17,18,19,20)/b8-7+. The molecule has 0 atom stereocenters. The Labute approximate surface area is 137 Å². The van der Waals surface area contributed by atoms with Crippen molar-refractivity contribution in [2.75, 3.05) is 0 Å². The molecule has 108 valence electrons. The number of benzene rings is 1. The maximum absolute atomic E-state index is 11.7. The van der Waals surface area contributed by atoms with Crippen molar-refractivity contribution in [2.24, 2.45) is 0 Å². The zero-order chi connectivity index (χ0) is 15.1. The summed E-state index contributed by atoms with van der Waals surface area (Å²) in [5.74, 6) is -0.264. The molecular formula is C15H13ClN2OS2. The first kappa shape index (κ1) is 15.7. The van der Waals surface area contributed by atoms with Gasteiger partial charge in [-0.2, -0.15) is 0 Å². The van der Waals surface area contributed by atoms with Gasteiger partial charge in [0, 0.05) is 22.5 Å². The average molecular weight is 337 g/mol. The summed E-state index contributed by atoms with van der Waals surface area (Å²) in [6, 6.07) is 11.3. The lowest BCUT2D eigenvalue weighted by Crippen LogP contribution is -2.38. The van der Waals surface area contributed by atoms with Crippen molar-refractivity contribution in [3.05, 3.63) is 63.3 Å². The summed E-state index contributed by atoms with van der Waals surface area (Å²) >= 11 is 12.7. The molecule has 0 saturated heterocycles. The van der Waals surface area contributed by atoms with E-state index in [0.717, 1.165) is 10.4 Å². The molecule has 6 heteroatoms. The molecule has 1 amide bonds. The summed E-state index contributed by atoms with van der Waals surface area (Å²) in [5, 5.41) is 8.43. The molecule has 3 nitrogen and oxygen atoms in total. The zero-order valence-corrected chi connectivity index (χ0v) is 13.4. The number of hydrogen-bond acceptors (Lipinski definition) is 3. The number of amides is 1. The number of hydrogen-bond donors (Lipinski definition) is 2. The van der Waals surface area contributed by atoms with Crippen molar-refractivity contribution in [2.45, 2.75) is 6.54 Å². The maximum Gasteiger partial charge on any atom is 0.250 e. The number of carbonyl (C=O) groups excluding carboxylic acids is 1. The summed E-state index contributed by atoms with van der Waals surface area (Å²) in [6.07, 6.45) is 3.20. The Morgan fingerprint density at radius 3 is 2.81 bits per heavy atom. The van der Waals surface area contributed by atoms with Crippen LogP contribution in [0.5, 0.6) is 0 Å².